The fourth-order valence-electron chi connectivity index (χ4n) is 2.36. The van der Waals surface area contributed by atoms with E-state index in [9.17, 15) is 4.79 Å². The number of nitrogens with one attached hydrogen (secondary N) is 2. The Labute approximate surface area is 156 Å². The Kier molecular flexibility index (Phi) is 5.39. The molecule has 2 N–H and O–H groups in total. The topological polar surface area (TPSA) is 83.1 Å². The normalized spacial score (nSPS) is 13.5. The van der Waals surface area contributed by atoms with E-state index < -0.39 is 11.0 Å². The monoisotopic (exact) mass is 373 g/mol. The molecule has 0 radical (unpaired) electrons. The number of aromatic amines is 1. The van der Waals surface area contributed by atoms with E-state index in [4.69, 9.17) is 16.3 Å². The van der Waals surface area contributed by atoms with Gasteiger partial charge in [0, 0.05) is 19.3 Å². The Morgan fingerprint density at radius 1 is 1.27 bits per heavy atom. The third-order valence-electron chi connectivity index (χ3n) is 3.70. The lowest BCUT2D eigenvalue weighted by atomic mass is 10.2. The number of halogens is 1. The fourth-order valence-corrected chi connectivity index (χ4v) is 2.60. The molecule has 26 heavy (non-hydrogen) atoms. The minimum Gasteiger partial charge on any atom is -0.456 e. The van der Waals surface area contributed by atoms with Gasteiger partial charge in [-0.2, -0.15) is 0 Å². The van der Waals surface area contributed by atoms with Gasteiger partial charge in [-0.25, -0.2) is 9.97 Å². The van der Waals surface area contributed by atoms with E-state index in [1.165, 1.54) is 0 Å². The third kappa shape index (κ3) is 3.95. The first-order chi connectivity index (χ1) is 12.5. The second-order valence-electron chi connectivity index (χ2n) is 6.03. The summed E-state index contributed by atoms with van der Waals surface area (Å²) < 4.78 is 5.86. The highest BCUT2D eigenvalue weighted by Crippen LogP contribution is 2.32. The molecule has 0 fully saturated rings. The average molecular weight is 374 g/mol. The molecule has 0 aliphatic carbocycles. The van der Waals surface area contributed by atoms with E-state index in [2.05, 4.69) is 20.3 Å². The van der Waals surface area contributed by atoms with Crippen molar-refractivity contribution in [1.29, 1.82) is 0 Å². The number of ether oxygens (including phenoxy) is 1. The van der Waals surface area contributed by atoms with Crippen LogP contribution in [0, 0.1) is 0 Å². The van der Waals surface area contributed by atoms with Crippen LogP contribution in [0.2, 0.25) is 0 Å². The molecule has 0 spiro atoms. The van der Waals surface area contributed by atoms with Crippen LogP contribution in [0.15, 0.2) is 48.7 Å². The highest BCUT2D eigenvalue weighted by atomic mass is 35.5. The number of pyridine rings is 1. The maximum Gasteiger partial charge on any atom is 0.319 e. The number of rotatable bonds is 7. The second kappa shape index (κ2) is 7.72. The first-order valence-corrected chi connectivity index (χ1v) is 8.54. The zero-order valence-electron chi connectivity index (χ0n) is 14.6. The highest BCUT2D eigenvalue weighted by molar-refractivity contribution is 6.33. The summed E-state index contributed by atoms with van der Waals surface area (Å²) in [5.41, 5.74) is 1.13. The summed E-state index contributed by atoms with van der Waals surface area (Å²) >= 11 is 6.67. The number of H-pyrrole nitrogens is 1. The number of hydrogen-bond acceptors (Lipinski definition) is 5. The van der Waals surface area contributed by atoms with Crippen LogP contribution in [0.25, 0.3) is 11.2 Å². The number of imidazole rings is 1. The molecule has 0 saturated carbocycles. The Balaban J connectivity index is 1.93. The maximum absolute atomic E-state index is 12.9. The van der Waals surface area contributed by atoms with Gasteiger partial charge >= 0.3 is 5.06 Å². The van der Waals surface area contributed by atoms with Crippen molar-refractivity contribution in [3.8, 4) is 5.75 Å². The van der Waals surface area contributed by atoms with Gasteiger partial charge in [0.1, 0.15) is 5.75 Å². The van der Waals surface area contributed by atoms with Gasteiger partial charge in [-0.05, 0) is 38.4 Å². The Bertz CT molecular complexity index is 850. The van der Waals surface area contributed by atoms with Crippen LogP contribution in [-0.2, 0) is 9.85 Å². The molecule has 0 saturated heterocycles. The zero-order valence-corrected chi connectivity index (χ0v) is 15.3. The summed E-state index contributed by atoms with van der Waals surface area (Å²) in [4.78, 5) is 26.4. The van der Waals surface area contributed by atoms with Crippen LogP contribution in [0.1, 0.15) is 5.82 Å². The smallest absolute Gasteiger partial charge is 0.319 e. The number of likely N-dealkylation sites (N-methyl/N-ethyl adjacent to an activating group) is 1. The SMILES string of the molecule is CN(C)CCNC(=O)C(Cl)(Oc1ccccc1)c1nc2ncccc2[nH]1. The molecule has 0 aliphatic rings. The molecule has 1 aromatic carbocycles. The van der Waals surface area contributed by atoms with E-state index in [-0.39, 0.29) is 5.82 Å². The minimum absolute atomic E-state index is 0.180. The van der Waals surface area contributed by atoms with Crippen molar-refractivity contribution < 1.29 is 9.53 Å². The predicted octanol–water partition coefficient (Wildman–Crippen LogP) is 2.11. The van der Waals surface area contributed by atoms with Gasteiger partial charge in [0.05, 0.1) is 5.52 Å². The molecule has 7 nitrogen and oxygen atoms in total. The molecule has 0 aliphatic heterocycles. The molecule has 1 unspecified atom stereocenters. The lowest BCUT2D eigenvalue weighted by molar-refractivity contribution is -0.131. The molecular weight excluding hydrogens is 354 g/mol. The number of amides is 1. The van der Waals surface area contributed by atoms with E-state index in [0.29, 0.717) is 30.0 Å². The molecule has 2 heterocycles. The van der Waals surface area contributed by atoms with E-state index in [1.54, 1.807) is 36.5 Å². The molecule has 3 rings (SSSR count). The van der Waals surface area contributed by atoms with Gasteiger partial charge in [-0.3, -0.25) is 4.79 Å². The van der Waals surface area contributed by atoms with E-state index in [1.807, 2.05) is 31.1 Å². The standard InChI is InChI=1S/C18H20ClN5O2/c1-24(2)12-11-21-17(25)18(19,26-13-7-4-3-5-8-13)16-22-14-9-6-10-20-15(14)23-16/h3-10H,11-12H2,1-2H3,(H,21,25)(H,20,22,23). The second-order valence-corrected chi connectivity index (χ2v) is 6.56. The van der Waals surface area contributed by atoms with Gasteiger partial charge in [-0.15, -0.1) is 0 Å². The maximum atomic E-state index is 12.9. The summed E-state index contributed by atoms with van der Waals surface area (Å²) in [5, 5.41) is 0.961. The van der Waals surface area contributed by atoms with Crippen LogP contribution >= 0.6 is 11.6 Å². The number of aromatic nitrogens is 3. The number of para-hydroxylation sites is 1. The van der Waals surface area contributed by atoms with Crippen molar-refractivity contribution >= 4 is 28.7 Å². The van der Waals surface area contributed by atoms with Crippen molar-refractivity contribution in [3.05, 3.63) is 54.5 Å². The summed E-state index contributed by atoms with van der Waals surface area (Å²) in [6.45, 7) is 1.10. The number of hydrogen-bond donors (Lipinski definition) is 2. The molecule has 2 aromatic heterocycles. The Morgan fingerprint density at radius 2 is 2.04 bits per heavy atom. The van der Waals surface area contributed by atoms with Crippen LogP contribution in [-0.4, -0.2) is 52.9 Å². The van der Waals surface area contributed by atoms with E-state index in [0.717, 1.165) is 0 Å². The number of fused-ring (bicyclic) bond motifs is 1. The van der Waals surface area contributed by atoms with Crippen molar-refractivity contribution in [3.63, 3.8) is 0 Å². The van der Waals surface area contributed by atoms with Gasteiger partial charge in [-0.1, -0.05) is 29.8 Å². The number of benzene rings is 1. The molecule has 1 atom stereocenters. The number of carbonyl (C=O) groups is 1. The summed E-state index contributed by atoms with van der Waals surface area (Å²) in [6, 6.07) is 12.5. The molecule has 8 heteroatoms. The van der Waals surface area contributed by atoms with E-state index >= 15 is 0 Å². The van der Waals surface area contributed by atoms with Crippen molar-refractivity contribution in [2.24, 2.45) is 0 Å². The number of carbonyl (C=O) groups excluding carboxylic acids is 1. The molecular formula is C18H20ClN5O2. The molecule has 0 bridgehead atoms. The largest absolute Gasteiger partial charge is 0.456 e. The lowest BCUT2D eigenvalue weighted by Crippen LogP contribution is -2.47. The zero-order chi connectivity index (χ0) is 18.6. The van der Waals surface area contributed by atoms with Gasteiger partial charge in [0.25, 0.3) is 5.91 Å². The summed E-state index contributed by atoms with van der Waals surface area (Å²) in [7, 11) is 3.84. The quantitative estimate of drug-likeness (QED) is 0.620. The highest BCUT2D eigenvalue weighted by Gasteiger charge is 2.44. The van der Waals surface area contributed by atoms with Gasteiger partial charge in [0.15, 0.2) is 11.5 Å². The molecule has 3 aromatic rings. The van der Waals surface area contributed by atoms with Crippen LogP contribution in [0.3, 0.4) is 0 Å². The van der Waals surface area contributed by atoms with Crippen molar-refractivity contribution in [2.75, 3.05) is 27.2 Å². The van der Waals surface area contributed by atoms with Crippen LogP contribution < -0.4 is 10.1 Å². The predicted molar refractivity (Wildman–Crippen MR) is 100 cm³/mol. The number of alkyl halides is 1. The minimum atomic E-state index is -1.84. The molecule has 1 amide bonds. The first kappa shape index (κ1) is 18.2. The van der Waals surface area contributed by atoms with Crippen molar-refractivity contribution in [1.82, 2.24) is 25.2 Å². The lowest BCUT2D eigenvalue weighted by Gasteiger charge is -2.25. The van der Waals surface area contributed by atoms with Crippen LogP contribution in [0.5, 0.6) is 5.75 Å². The van der Waals surface area contributed by atoms with Crippen LogP contribution in [0.4, 0.5) is 0 Å². The number of nitrogens with zero attached hydrogens (tertiary/aromatic N) is 3. The van der Waals surface area contributed by atoms with Gasteiger partial charge in [0.2, 0.25) is 0 Å². The Hall–Kier alpha value is -2.64. The molecule has 136 valence electrons. The first-order valence-electron chi connectivity index (χ1n) is 8.16. The fraction of sp³-hybridized carbons (Fsp3) is 0.278. The average Bonchev–Trinajstić information content (AvgIpc) is 3.07. The third-order valence-corrected chi connectivity index (χ3v) is 4.13. The summed E-state index contributed by atoms with van der Waals surface area (Å²) in [5.74, 6) is 0.140. The van der Waals surface area contributed by atoms with Crippen molar-refractivity contribution in [2.45, 2.75) is 5.06 Å². The summed E-state index contributed by atoms with van der Waals surface area (Å²) in [6.07, 6.45) is 1.62. The Morgan fingerprint density at radius 3 is 2.73 bits per heavy atom. The van der Waals surface area contributed by atoms with Gasteiger partial charge < -0.3 is 19.9 Å².